The van der Waals surface area contributed by atoms with Gasteiger partial charge in [-0.15, -0.1) is 0 Å². The first kappa shape index (κ1) is 19.8. The molecule has 1 amide bonds. The van der Waals surface area contributed by atoms with Gasteiger partial charge in [-0.2, -0.15) is 0 Å². The summed E-state index contributed by atoms with van der Waals surface area (Å²) in [4.78, 5) is 18.3. The van der Waals surface area contributed by atoms with Crippen molar-refractivity contribution in [1.29, 1.82) is 0 Å². The molecule has 26 heavy (non-hydrogen) atoms. The molecule has 3 rings (SSSR count). The minimum Gasteiger partial charge on any atom is -0.450 e. The zero-order valence-corrected chi connectivity index (χ0v) is 16.1. The summed E-state index contributed by atoms with van der Waals surface area (Å²) in [7, 11) is 0. The number of amides is 1. The fourth-order valence-electron chi connectivity index (χ4n) is 4.95. The summed E-state index contributed by atoms with van der Waals surface area (Å²) in [5, 5.41) is 0. The van der Waals surface area contributed by atoms with Gasteiger partial charge in [-0.25, -0.2) is 13.6 Å². The van der Waals surface area contributed by atoms with Crippen LogP contribution < -0.4 is 0 Å². The Kier molecular flexibility index (Phi) is 6.38. The quantitative estimate of drug-likeness (QED) is 0.761. The minimum atomic E-state index is -2.52. The molecule has 0 aromatic rings. The van der Waals surface area contributed by atoms with Gasteiger partial charge in [0.1, 0.15) is 0 Å². The van der Waals surface area contributed by atoms with Crippen LogP contribution in [0.3, 0.4) is 0 Å². The summed E-state index contributed by atoms with van der Waals surface area (Å²) in [5.74, 6) is -2.52. The second-order valence-electron chi connectivity index (χ2n) is 8.12. The maximum Gasteiger partial charge on any atom is 0.409 e. The Hall–Kier alpha value is -0.950. The van der Waals surface area contributed by atoms with Crippen LogP contribution in [0.25, 0.3) is 0 Å². The van der Waals surface area contributed by atoms with E-state index in [0.29, 0.717) is 12.6 Å². The Morgan fingerprint density at radius 1 is 1.08 bits per heavy atom. The molecular weight excluding hydrogens is 340 g/mol. The number of rotatable bonds is 3. The Bertz CT molecular complexity index is 483. The van der Waals surface area contributed by atoms with E-state index in [1.54, 1.807) is 0 Å². The van der Waals surface area contributed by atoms with Gasteiger partial charge in [0.15, 0.2) is 0 Å². The standard InChI is InChI=1S/C19H33F2N3O2/c1-3-26-18(25)23-9-4-5-16(6-12-23)22-10-7-17(8-11-22)24-14-19(20,21)13-15(24)2/h15-17H,3-14H2,1-2H3. The van der Waals surface area contributed by atoms with Crippen molar-refractivity contribution in [1.82, 2.24) is 14.7 Å². The molecule has 3 aliphatic rings. The number of carbonyl (C=O) groups excluding carboxylic acids is 1. The van der Waals surface area contributed by atoms with E-state index in [1.807, 2.05) is 23.6 Å². The second kappa shape index (κ2) is 8.38. The average molecular weight is 373 g/mol. The fraction of sp³-hybridized carbons (Fsp3) is 0.947. The van der Waals surface area contributed by atoms with Crippen LogP contribution in [-0.4, -0.2) is 84.2 Å². The molecule has 0 aromatic heterocycles. The SMILES string of the molecule is CCOC(=O)N1CCCC(N2CCC(N3CC(F)(F)CC3C)CC2)CC1. The molecule has 2 atom stereocenters. The highest BCUT2D eigenvalue weighted by molar-refractivity contribution is 5.67. The van der Waals surface area contributed by atoms with Gasteiger partial charge in [0.25, 0.3) is 5.92 Å². The lowest BCUT2D eigenvalue weighted by molar-refractivity contribution is 0.00117. The number of hydrogen-bond acceptors (Lipinski definition) is 4. The number of alkyl halides is 2. The number of nitrogens with zero attached hydrogens (tertiary/aromatic N) is 3. The van der Waals surface area contributed by atoms with E-state index < -0.39 is 5.92 Å². The molecule has 0 aromatic carbocycles. The van der Waals surface area contributed by atoms with Crippen molar-refractivity contribution < 1.29 is 18.3 Å². The zero-order chi connectivity index (χ0) is 18.7. The highest BCUT2D eigenvalue weighted by Crippen LogP contribution is 2.35. The van der Waals surface area contributed by atoms with Crippen molar-refractivity contribution >= 4 is 6.09 Å². The predicted octanol–water partition coefficient (Wildman–Crippen LogP) is 3.19. The third-order valence-electron chi connectivity index (χ3n) is 6.28. The normalized spacial score (nSPS) is 31.8. The number of hydrogen-bond donors (Lipinski definition) is 0. The number of halogens is 2. The number of likely N-dealkylation sites (tertiary alicyclic amines) is 3. The van der Waals surface area contributed by atoms with E-state index in [4.69, 9.17) is 4.74 Å². The molecule has 0 saturated carbocycles. The second-order valence-corrected chi connectivity index (χ2v) is 8.12. The van der Waals surface area contributed by atoms with Crippen molar-refractivity contribution in [3.05, 3.63) is 0 Å². The van der Waals surface area contributed by atoms with Crippen LogP contribution >= 0.6 is 0 Å². The molecule has 5 nitrogen and oxygen atoms in total. The van der Waals surface area contributed by atoms with Crippen molar-refractivity contribution in [2.75, 3.05) is 39.3 Å². The maximum atomic E-state index is 13.7. The van der Waals surface area contributed by atoms with E-state index in [0.717, 1.165) is 58.3 Å². The lowest BCUT2D eigenvalue weighted by Gasteiger charge is -2.41. The van der Waals surface area contributed by atoms with Gasteiger partial charge in [-0.05, 0) is 59.0 Å². The first-order chi connectivity index (χ1) is 12.4. The summed E-state index contributed by atoms with van der Waals surface area (Å²) in [6.45, 7) is 7.58. The zero-order valence-electron chi connectivity index (χ0n) is 16.1. The molecular formula is C19H33F2N3O2. The van der Waals surface area contributed by atoms with Crippen LogP contribution in [0.4, 0.5) is 13.6 Å². The lowest BCUT2D eigenvalue weighted by atomic mass is 9.98. The van der Waals surface area contributed by atoms with E-state index >= 15 is 0 Å². The first-order valence-corrected chi connectivity index (χ1v) is 10.2. The molecule has 2 unspecified atom stereocenters. The molecule has 3 saturated heterocycles. The van der Waals surface area contributed by atoms with Crippen molar-refractivity contribution in [2.24, 2.45) is 0 Å². The molecule has 0 N–H and O–H groups in total. The van der Waals surface area contributed by atoms with Crippen LogP contribution in [0.2, 0.25) is 0 Å². The van der Waals surface area contributed by atoms with E-state index in [2.05, 4.69) is 4.90 Å². The van der Waals surface area contributed by atoms with E-state index in [1.165, 1.54) is 0 Å². The van der Waals surface area contributed by atoms with Gasteiger partial charge >= 0.3 is 6.09 Å². The van der Waals surface area contributed by atoms with Gasteiger partial charge in [-0.1, -0.05) is 0 Å². The molecule has 3 heterocycles. The smallest absolute Gasteiger partial charge is 0.409 e. The third-order valence-corrected chi connectivity index (χ3v) is 6.28. The van der Waals surface area contributed by atoms with Crippen LogP contribution in [0.5, 0.6) is 0 Å². The van der Waals surface area contributed by atoms with Gasteiger partial charge < -0.3 is 14.5 Å². The first-order valence-electron chi connectivity index (χ1n) is 10.2. The van der Waals surface area contributed by atoms with Crippen LogP contribution in [0.1, 0.15) is 52.4 Å². The molecule has 0 spiro atoms. The summed E-state index contributed by atoms with van der Waals surface area (Å²) >= 11 is 0. The van der Waals surface area contributed by atoms with E-state index in [-0.39, 0.29) is 31.1 Å². The Labute approximate surface area is 155 Å². The van der Waals surface area contributed by atoms with Crippen molar-refractivity contribution in [3.8, 4) is 0 Å². The summed E-state index contributed by atoms with van der Waals surface area (Å²) in [6.07, 6.45) is 4.81. The highest BCUT2D eigenvalue weighted by Gasteiger charge is 2.45. The highest BCUT2D eigenvalue weighted by atomic mass is 19.3. The van der Waals surface area contributed by atoms with E-state index in [9.17, 15) is 13.6 Å². The largest absolute Gasteiger partial charge is 0.450 e. The number of carbonyl (C=O) groups is 1. The van der Waals surface area contributed by atoms with Crippen LogP contribution in [0, 0.1) is 0 Å². The number of piperidine rings is 1. The number of ether oxygens (including phenoxy) is 1. The van der Waals surface area contributed by atoms with Gasteiger partial charge in [0.05, 0.1) is 13.2 Å². The average Bonchev–Trinajstić information content (AvgIpc) is 2.78. The molecule has 0 aliphatic carbocycles. The molecule has 0 radical (unpaired) electrons. The van der Waals surface area contributed by atoms with Crippen LogP contribution in [0.15, 0.2) is 0 Å². The summed E-state index contributed by atoms with van der Waals surface area (Å²) in [5.41, 5.74) is 0. The van der Waals surface area contributed by atoms with Gasteiger partial charge in [-0.3, -0.25) is 4.90 Å². The van der Waals surface area contributed by atoms with Crippen molar-refractivity contribution in [2.45, 2.75) is 76.4 Å². The molecule has 150 valence electrons. The predicted molar refractivity (Wildman–Crippen MR) is 96.6 cm³/mol. The fourth-order valence-corrected chi connectivity index (χ4v) is 4.95. The topological polar surface area (TPSA) is 36.0 Å². The van der Waals surface area contributed by atoms with Gasteiger partial charge in [0.2, 0.25) is 0 Å². The monoisotopic (exact) mass is 373 g/mol. The van der Waals surface area contributed by atoms with Crippen LogP contribution in [-0.2, 0) is 4.74 Å². The molecule has 3 aliphatic heterocycles. The summed E-state index contributed by atoms with van der Waals surface area (Å²) in [6, 6.07) is 0.766. The van der Waals surface area contributed by atoms with Gasteiger partial charge in [0, 0.05) is 37.6 Å². The van der Waals surface area contributed by atoms with Crippen molar-refractivity contribution in [3.63, 3.8) is 0 Å². The molecule has 3 fully saturated rings. The lowest BCUT2D eigenvalue weighted by Crippen LogP contribution is -2.49. The molecule has 0 bridgehead atoms. The summed E-state index contributed by atoms with van der Waals surface area (Å²) < 4.78 is 32.5. The Morgan fingerprint density at radius 3 is 2.38 bits per heavy atom. The third kappa shape index (κ3) is 4.66. The minimum absolute atomic E-state index is 0.000463. The Balaban J connectivity index is 1.47. The maximum absolute atomic E-state index is 13.7. The Morgan fingerprint density at radius 2 is 1.77 bits per heavy atom. The molecule has 7 heteroatoms.